The van der Waals surface area contributed by atoms with Gasteiger partial charge in [-0.2, -0.15) is 0 Å². The summed E-state index contributed by atoms with van der Waals surface area (Å²) in [7, 11) is 0. The van der Waals surface area contributed by atoms with Crippen LogP contribution >= 0.6 is 0 Å². The van der Waals surface area contributed by atoms with Crippen LogP contribution in [-0.4, -0.2) is 64.9 Å². The van der Waals surface area contributed by atoms with Crippen molar-refractivity contribution in [3.8, 4) is 0 Å². The Morgan fingerprint density at radius 3 is 1.83 bits per heavy atom. The summed E-state index contributed by atoms with van der Waals surface area (Å²) >= 11 is 0. The van der Waals surface area contributed by atoms with Gasteiger partial charge in [0.1, 0.15) is 6.61 Å². The SMILES string of the molecule is CC(C)OCCOCCOCCOCCOC(=O)c1ccccc1. The van der Waals surface area contributed by atoms with E-state index in [1.165, 1.54) is 0 Å². The number of ether oxygens (including phenoxy) is 5. The highest BCUT2D eigenvalue weighted by Crippen LogP contribution is 2.00. The summed E-state index contributed by atoms with van der Waals surface area (Å²) in [5.41, 5.74) is 0.541. The Bertz CT molecular complexity index is 421. The molecule has 0 radical (unpaired) electrons. The van der Waals surface area contributed by atoms with Crippen LogP contribution in [0.15, 0.2) is 30.3 Å². The van der Waals surface area contributed by atoms with Gasteiger partial charge in [0.2, 0.25) is 0 Å². The lowest BCUT2D eigenvalue weighted by Crippen LogP contribution is -2.15. The molecule has 0 heterocycles. The fraction of sp³-hybridized carbons (Fsp3) is 0.611. The zero-order chi connectivity index (χ0) is 17.5. The van der Waals surface area contributed by atoms with Gasteiger partial charge in [0.25, 0.3) is 0 Å². The third kappa shape index (κ3) is 11.1. The molecule has 0 saturated carbocycles. The first-order valence-electron chi connectivity index (χ1n) is 8.27. The monoisotopic (exact) mass is 340 g/mol. The average Bonchev–Trinajstić information content (AvgIpc) is 2.59. The highest BCUT2D eigenvalue weighted by atomic mass is 16.6. The molecule has 0 fully saturated rings. The van der Waals surface area contributed by atoms with Gasteiger partial charge in [-0.3, -0.25) is 0 Å². The van der Waals surface area contributed by atoms with Crippen LogP contribution in [0.1, 0.15) is 24.2 Å². The van der Waals surface area contributed by atoms with Gasteiger partial charge >= 0.3 is 5.97 Å². The molecule has 0 aromatic heterocycles. The maximum atomic E-state index is 11.6. The minimum absolute atomic E-state index is 0.229. The van der Waals surface area contributed by atoms with Gasteiger partial charge in [0.15, 0.2) is 0 Å². The molecule has 0 atom stereocenters. The quantitative estimate of drug-likeness (QED) is 0.383. The molecular weight excluding hydrogens is 312 g/mol. The second-order valence-corrected chi connectivity index (χ2v) is 5.26. The first-order chi connectivity index (χ1) is 11.7. The van der Waals surface area contributed by atoms with Crippen LogP contribution in [0.2, 0.25) is 0 Å². The first kappa shape index (κ1) is 20.6. The lowest BCUT2D eigenvalue weighted by Gasteiger charge is -2.09. The van der Waals surface area contributed by atoms with Crippen molar-refractivity contribution in [2.45, 2.75) is 20.0 Å². The molecule has 0 aliphatic rings. The van der Waals surface area contributed by atoms with Gasteiger partial charge < -0.3 is 23.7 Å². The molecule has 0 bridgehead atoms. The summed E-state index contributed by atoms with van der Waals surface area (Å²) in [4.78, 5) is 11.6. The van der Waals surface area contributed by atoms with Crippen LogP contribution in [0.25, 0.3) is 0 Å². The van der Waals surface area contributed by atoms with Gasteiger partial charge in [0.05, 0.1) is 57.9 Å². The van der Waals surface area contributed by atoms with Gasteiger partial charge in [-0.25, -0.2) is 4.79 Å². The summed E-state index contributed by atoms with van der Waals surface area (Å²) in [5.74, 6) is -0.339. The highest BCUT2D eigenvalue weighted by molar-refractivity contribution is 5.89. The smallest absolute Gasteiger partial charge is 0.338 e. The van der Waals surface area contributed by atoms with Crippen molar-refractivity contribution in [2.24, 2.45) is 0 Å². The summed E-state index contributed by atoms with van der Waals surface area (Å²) in [6.07, 6.45) is 0.231. The van der Waals surface area contributed by atoms with Crippen molar-refractivity contribution < 1.29 is 28.5 Å². The zero-order valence-electron chi connectivity index (χ0n) is 14.6. The number of carbonyl (C=O) groups is 1. The Labute approximate surface area is 144 Å². The predicted octanol–water partition coefficient (Wildman–Crippen LogP) is 2.32. The van der Waals surface area contributed by atoms with E-state index in [0.29, 0.717) is 51.8 Å². The molecule has 0 N–H and O–H groups in total. The second kappa shape index (κ2) is 13.9. The van der Waals surface area contributed by atoms with E-state index in [-0.39, 0.29) is 18.7 Å². The predicted molar refractivity (Wildman–Crippen MR) is 90.3 cm³/mol. The van der Waals surface area contributed by atoms with Crippen LogP contribution in [0, 0.1) is 0 Å². The van der Waals surface area contributed by atoms with Gasteiger partial charge in [0, 0.05) is 0 Å². The number of benzene rings is 1. The van der Waals surface area contributed by atoms with E-state index in [2.05, 4.69) is 0 Å². The molecule has 1 aromatic rings. The fourth-order valence-corrected chi connectivity index (χ4v) is 1.74. The van der Waals surface area contributed by atoms with Crippen molar-refractivity contribution in [3.05, 3.63) is 35.9 Å². The van der Waals surface area contributed by atoms with E-state index < -0.39 is 0 Å². The minimum atomic E-state index is -0.339. The van der Waals surface area contributed by atoms with Crippen LogP contribution < -0.4 is 0 Å². The molecular formula is C18H28O6. The second-order valence-electron chi connectivity index (χ2n) is 5.26. The zero-order valence-corrected chi connectivity index (χ0v) is 14.6. The van der Waals surface area contributed by atoms with Gasteiger partial charge in [-0.15, -0.1) is 0 Å². The van der Waals surface area contributed by atoms with Crippen LogP contribution in [0.4, 0.5) is 0 Å². The number of hydrogen-bond donors (Lipinski definition) is 0. The Hall–Kier alpha value is -1.47. The Kier molecular flexibility index (Phi) is 11.9. The fourth-order valence-electron chi connectivity index (χ4n) is 1.74. The van der Waals surface area contributed by atoms with E-state index in [4.69, 9.17) is 23.7 Å². The standard InChI is InChI=1S/C18H28O6/c1-16(2)23-14-12-21-10-8-20-9-11-22-13-15-24-18(19)17-6-4-3-5-7-17/h3-7,16H,8-15H2,1-2H3. The third-order valence-electron chi connectivity index (χ3n) is 2.89. The van der Waals surface area contributed by atoms with E-state index in [9.17, 15) is 4.79 Å². The van der Waals surface area contributed by atoms with E-state index in [1.807, 2.05) is 19.9 Å². The summed E-state index contributed by atoms with van der Waals surface area (Å²) in [5, 5.41) is 0. The van der Waals surface area contributed by atoms with Crippen molar-refractivity contribution in [1.29, 1.82) is 0 Å². The molecule has 1 aromatic carbocycles. The summed E-state index contributed by atoms with van der Waals surface area (Å²) < 4.78 is 26.5. The molecule has 136 valence electrons. The van der Waals surface area contributed by atoms with E-state index in [1.54, 1.807) is 24.3 Å². The Morgan fingerprint density at radius 1 is 0.792 bits per heavy atom. The molecule has 6 nitrogen and oxygen atoms in total. The lowest BCUT2D eigenvalue weighted by atomic mass is 10.2. The number of carbonyl (C=O) groups excluding carboxylic acids is 1. The van der Waals surface area contributed by atoms with Crippen molar-refractivity contribution in [1.82, 2.24) is 0 Å². The maximum Gasteiger partial charge on any atom is 0.338 e. The molecule has 0 unspecified atom stereocenters. The topological polar surface area (TPSA) is 63.2 Å². The molecule has 0 aliphatic carbocycles. The van der Waals surface area contributed by atoms with Crippen LogP contribution in [0.3, 0.4) is 0 Å². The first-order valence-corrected chi connectivity index (χ1v) is 8.27. The summed E-state index contributed by atoms with van der Waals surface area (Å²) in [6.45, 7) is 7.74. The molecule has 0 aliphatic heterocycles. The summed E-state index contributed by atoms with van der Waals surface area (Å²) in [6, 6.07) is 8.88. The van der Waals surface area contributed by atoms with Gasteiger partial charge in [-0.05, 0) is 26.0 Å². The molecule has 0 amide bonds. The highest BCUT2D eigenvalue weighted by Gasteiger charge is 2.04. The number of hydrogen-bond acceptors (Lipinski definition) is 6. The molecule has 24 heavy (non-hydrogen) atoms. The van der Waals surface area contributed by atoms with Crippen molar-refractivity contribution in [2.75, 3.05) is 52.9 Å². The molecule has 0 saturated heterocycles. The van der Waals surface area contributed by atoms with E-state index in [0.717, 1.165) is 0 Å². The van der Waals surface area contributed by atoms with Crippen LogP contribution in [-0.2, 0) is 23.7 Å². The Balaban J connectivity index is 1.82. The third-order valence-corrected chi connectivity index (χ3v) is 2.89. The molecule has 0 spiro atoms. The van der Waals surface area contributed by atoms with Crippen molar-refractivity contribution in [3.63, 3.8) is 0 Å². The van der Waals surface area contributed by atoms with Crippen molar-refractivity contribution >= 4 is 5.97 Å². The van der Waals surface area contributed by atoms with Crippen LogP contribution in [0.5, 0.6) is 0 Å². The molecule has 1 rings (SSSR count). The Morgan fingerprint density at radius 2 is 1.29 bits per heavy atom. The van der Waals surface area contributed by atoms with E-state index >= 15 is 0 Å². The number of rotatable bonds is 14. The lowest BCUT2D eigenvalue weighted by molar-refractivity contribution is -0.0159. The number of esters is 1. The van der Waals surface area contributed by atoms with Gasteiger partial charge in [-0.1, -0.05) is 18.2 Å². The largest absolute Gasteiger partial charge is 0.460 e. The molecule has 6 heteroatoms. The normalized spacial score (nSPS) is 11.0. The minimum Gasteiger partial charge on any atom is -0.460 e. The maximum absolute atomic E-state index is 11.6. The average molecular weight is 340 g/mol.